The first kappa shape index (κ1) is 15.1. The van der Waals surface area contributed by atoms with Crippen LogP contribution in [0, 0.1) is 5.92 Å². The number of hydrogen-bond acceptors (Lipinski definition) is 2. The summed E-state index contributed by atoms with van der Waals surface area (Å²) in [7, 11) is 0. The van der Waals surface area contributed by atoms with Gasteiger partial charge >= 0.3 is 0 Å². The summed E-state index contributed by atoms with van der Waals surface area (Å²) in [4.78, 5) is 2.75. The van der Waals surface area contributed by atoms with E-state index in [4.69, 9.17) is 0 Å². The van der Waals surface area contributed by atoms with Gasteiger partial charge in [-0.1, -0.05) is 63.4 Å². The van der Waals surface area contributed by atoms with E-state index in [9.17, 15) is 0 Å². The molecule has 1 aromatic carbocycles. The van der Waals surface area contributed by atoms with Gasteiger partial charge in [-0.15, -0.1) is 0 Å². The maximum absolute atomic E-state index is 3.94. The molecule has 21 heavy (non-hydrogen) atoms. The van der Waals surface area contributed by atoms with Crippen LogP contribution in [-0.4, -0.2) is 29.6 Å². The van der Waals surface area contributed by atoms with E-state index in [1.54, 1.807) is 0 Å². The Morgan fingerprint density at radius 2 is 1.86 bits per heavy atom. The minimum absolute atomic E-state index is 0.401. The Kier molecular flexibility index (Phi) is 4.66. The Bertz CT molecular complexity index is 434. The molecule has 1 spiro atoms. The van der Waals surface area contributed by atoms with Crippen molar-refractivity contribution < 1.29 is 0 Å². The predicted molar refractivity (Wildman–Crippen MR) is 89.3 cm³/mol. The van der Waals surface area contributed by atoms with Gasteiger partial charge in [0, 0.05) is 31.2 Å². The van der Waals surface area contributed by atoms with E-state index in [0.717, 1.165) is 13.1 Å². The third kappa shape index (κ3) is 3.49. The molecule has 1 heterocycles. The summed E-state index contributed by atoms with van der Waals surface area (Å²) in [6.45, 7) is 8.22. The lowest BCUT2D eigenvalue weighted by atomic mass is 9.78. The van der Waals surface area contributed by atoms with Crippen molar-refractivity contribution in [2.45, 2.75) is 64.1 Å². The third-order valence-corrected chi connectivity index (χ3v) is 5.47. The largest absolute Gasteiger partial charge is 0.308 e. The molecule has 2 aliphatic rings. The zero-order chi connectivity index (χ0) is 14.7. The Morgan fingerprint density at radius 1 is 1.14 bits per heavy atom. The van der Waals surface area contributed by atoms with Gasteiger partial charge in [0.25, 0.3) is 0 Å². The summed E-state index contributed by atoms with van der Waals surface area (Å²) in [6.07, 6.45) is 6.96. The maximum Gasteiger partial charge on any atom is 0.0309 e. The molecule has 2 heteroatoms. The average Bonchev–Trinajstić information content (AvgIpc) is 2.49. The van der Waals surface area contributed by atoms with Gasteiger partial charge in [0.2, 0.25) is 0 Å². The van der Waals surface area contributed by atoms with Crippen molar-refractivity contribution in [1.82, 2.24) is 10.2 Å². The molecule has 2 fully saturated rings. The standard InChI is InChI=1S/C19H30N2/c1-16(2)18-13-20-19(11-7-4-8-12-19)15-21(18)14-17-9-5-3-6-10-17/h3,5-6,9-10,16,18,20H,4,7-8,11-15H2,1-2H3. The molecule has 1 aliphatic carbocycles. The van der Waals surface area contributed by atoms with Gasteiger partial charge in [0.15, 0.2) is 0 Å². The van der Waals surface area contributed by atoms with Crippen LogP contribution >= 0.6 is 0 Å². The molecule has 1 aliphatic heterocycles. The number of nitrogens with one attached hydrogen (secondary N) is 1. The molecule has 3 rings (SSSR count). The minimum atomic E-state index is 0.401. The van der Waals surface area contributed by atoms with E-state index >= 15 is 0 Å². The van der Waals surface area contributed by atoms with E-state index in [1.807, 2.05) is 0 Å². The Morgan fingerprint density at radius 3 is 2.52 bits per heavy atom. The molecule has 1 saturated carbocycles. The van der Waals surface area contributed by atoms with Gasteiger partial charge in [-0.25, -0.2) is 0 Å². The fourth-order valence-corrected chi connectivity index (χ4v) is 4.22. The molecule has 0 radical (unpaired) electrons. The molecule has 1 atom stereocenters. The van der Waals surface area contributed by atoms with Crippen molar-refractivity contribution in [2.24, 2.45) is 5.92 Å². The number of benzene rings is 1. The first-order chi connectivity index (χ1) is 10.2. The fourth-order valence-electron chi connectivity index (χ4n) is 4.22. The normalized spacial score (nSPS) is 26.3. The van der Waals surface area contributed by atoms with Gasteiger partial charge in [0.1, 0.15) is 0 Å². The highest BCUT2D eigenvalue weighted by atomic mass is 15.3. The van der Waals surface area contributed by atoms with E-state index in [0.29, 0.717) is 17.5 Å². The molecule has 2 nitrogen and oxygen atoms in total. The van der Waals surface area contributed by atoms with Crippen molar-refractivity contribution in [2.75, 3.05) is 13.1 Å². The number of nitrogens with zero attached hydrogens (tertiary/aromatic N) is 1. The lowest BCUT2D eigenvalue weighted by Gasteiger charge is -2.51. The van der Waals surface area contributed by atoms with E-state index in [1.165, 1.54) is 44.2 Å². The van der Waals surface area contributed by atoms with Crippen LogP contribution < -0.4 is 5.32 Å². The van der Waals surface area contributed by atoms with Crippen LogP contribution in [0.25, 0.3) is 0 Å². The van der Waals surface area contributed by atoms with Crippen LogP contribution in [-0.2, 0) is 6.54 Å². The highest BCUT2D eigenvalue weighted by molar-refractivity contribution is 5.15. The lowest BCUT2D eigenvalue weighted by molar-refractivity contribution is 0.0309. The van der Waals surface area contributed by atoms with Crippen molar-refractivity contribution in [1.29, 1.82) is 0 Å². The maximum atomic E-state index is 3.94. The molecule has 0 aromatic heterocycles. The summed E-state index contributed by atoms with van der Waals surface area (Å²) in [5.41, 5.74) is 1.86. The topological polar surface area (TPSA) is 15.3 Å². The van der Waals surface area contributed by atoms with Crippen molar-refractivity contribution >= 4 is 0 Å². The second-order valence-corrected chi connectivity index (χ2v) is 7.42. The van der Waals surface area contributed by atoms with Gasteiger partial charge in [0.05, 0.1) is 0 Å². The van der Waals surface area contributed by atoms with Crippen molar-refractivity contribution in [3.63, 3.8) is 0 Å². The Hall–Kier alpha value is -0.860. The quantitative estimate of drug-likeness (QED) is 0.908. The summed E-state index contributed by atoms with van der Waals surface area (Å²) < 4.78 is 0. The van der Waals surface area contributed by atoms with Crippen LogP contribution in [0.1, 0.15) is 51.5 Å². The summed E-state index contributed by atoms with van der Waals surface area (Å²) in [6, 6.07) is 11.7. The minimum Gasteiger partial charge on any atom is -0.308 e. The van der Waals surface area contributed by atoms with E-state index < -0.39 is 0 Å². The van der Waals surface area contributed by atoms with Gasteiger partial charge in [-0.2, -0.15) is 0 Å². The lowest BCUT2D eigenvalue weighted by Crippen LogP contribution is -2.65. The molecule has 1 aromatic rings. The Balaban J connectivity index is 1.75. The second-order valence-electron chi connectivity index (χ2n) is 7.42. The smallest absolute Gasteiger partial charge is 0.0309 e. The Labute approximate surface area is 129 Å². The van der Waals surface area contributed by atoms with Crippen LogP contribution in [0.15, 0.2) is 30.3 Å². The monoisotopic (exact) mass is 286 g/mol. The van der Waals surface area contributed by atoms with Crippen LogP contribution in [0.3, 0.4) is 0 Å². The van der Waals surface area contributed by atoms with Crippen molar-refractivity contribution in [3.8, 4) is 0 Å². The van der Waals surface area contributed by atoms with Crippen LogP contribution in [0.2, 0.25) is 0 Å². The number of piperazine rings is 1. The zero-order valence-corrected chi connectivity index (χ0v) is 13.6. The third-order valence-electron chi connectivity index (χ3n) is 5.47. The van der Waals surface area contributed by atoms with E-state index in [2.05, 4.69) is 54.4 Å². The molecule has 0 bridgehead atoms. The zero-order valence-electron chi connectivity index (χ0n) is 13.6. The molecule has 0 amide bonds. The van der Waals surface area contributed by atoms with Gasteiger partial charge < -0.3 is 5.32 Å². The summed E-state index contributed by atoms with van der Waals surface area (Å²) >= 11 is 0. The van der Waals surface area contributed by atoms with Crippen molar-refractivity contribution in [3.05, 3.63) is 35.9 Å². The molecular formula is C19H30N2. The number of hydrogen-bond donors (Lipinski definition) is 1. The summed E-state index contributed by atoms with van der Waals surface area (Å²) in [5, 5.41) is 3.94. The molecular weight excluding hydrogens is 256 g/mol. The number of rotatable bonds is 3. The summed E-state index contributed by atoms with van der Waals surface area (Å²) in [5.74, 6) is 0.710. The van der Waals surface area contributed by atoms with Gasteiger partial charge in [-0.05, 0) is 24.3 Å². The van der Waals surface area contributed by atoms with E-state index in [-0.39, 0.29) is 0 Å². The first-order valence-electron chi connectivity index (χ1n) is 8.72. The first-order valence-corrected chi connectivity index (χ1v) is 8.72. The average molecular weight is 286 g/mol. The predicted octanol–water partition coefficient (Wildman–Crippen LogP) is 3.82. The fraction of sp³-hybridized carbons (Fsp3) is 0.684. The highest BCUT2D eigenvalue weighted by Crippen LogP contribution is 2.33. The molecule has 1 N–H and O–H groups in total. The molecule has 1 unspecified atom stereocenters. The molecule has 116 valence electrons. The van der Waals surface area contributed by atoms with Gasteiger partial charge in [-0.3, -0.25) is 4.90 Å². The SMILES string of the molecule is CC(C)C1CNC2(CCCCC2)CN1Cc1ccccc1. The highest BCUT2D eigenvalue weighted by Gasteiger charge is 2.40. The molecule has 1 saturated heterocycles. The van der Waals surface area contributed by atoms with Crippen LogP contribution in [0.4, 0.5) is 0 Å². The van der Waals surface area contributed by atoms with Crippen LogP contribution in [0.5, 0.6) is 0 Å². The second kappa shape index (κ2) is 6.50.